The van der Waals surface area contributed by atoms with Gasteiger partial charge in [0.25, 0.3) is 6.01 Å². The van der Waals surface area contributed by atoms with Crippen LogP contribution >= 0.6 is 0 Å². The van der Waals surface area contributed by atoms with Crippen LogP contribution in [0.4, 0.5) is 11.7 Å². The molecule has 0 amide bonds. The highest BCUT2D eigenvalue weighted by molar-refractivity contribution is 6.03. The second-order valence-electron chi connectivity index (χ2n) is 9.96. The third kappa shape index (κ3) is 3.71. The highest BCUT2D eigenvalue weighted by atomic mass is 16.4. The van der Waals surface area contributed by atoms with Gasteiger partial charge in [0, 0.05) is 37.3 Å². The first-order chi connectivity index (χ1) is 15.1. The van der Waals surface area contributed by atoms with Gasteiger partial charge in [-0.15, -0.1) is 0 Å². The van der Waals surface area contributed by atoms with E-state index in [9.17, 15) is 5.26 Å². The number of nitriles is 1. The molecule has 0 spiro atoms. The zero-order valence-corrected chi connectivity index (χ0v) is 20.2. The lowest BCUT2D eigenvalue weighted by molar-refractivity contribution is 0.315. The summed E-state index contributed by atoms with van der Waals surface area (Å²) in [4.78, 5) is 11.6. The molecule has 1 saturated heterocycles. The Morgan fingerprint density at radius 1 is 1.16 bits per heavy atom. The fraction of sp³-hybridized carbons (Fsp3) is 0.462. The Bertz CT molecular complexity index is 1170. The van der Waals surface area contributed by atoms with Gasteiger partial charge >= 0.3 is 0 Å². The van der Waals surface area contributed by atoms with Crippen molar-refractivity contribution in [3.63, 3.8) is 0 Å². The van der Waals surface area contributed by atoms with E-state index in [1.165, 1.54) is 0 Å². The van der Waals surface area contributed by atoms with Gasteiger partial charge in [0.15, 0.2) is 5.58 Å². The van der Waals surface area contributed by atoms with Crippen LogP contribution in [0.15, 0.2) is 34.7 Å². The van der Waals surface area contributed by atoms with E-state index in [-0.39, 0.29) is 5.54 Å². The molecular weight excluding hydrogens is 398 g/mol. The van der Waals surface area contributed by atoms with E-state index in [1.54, 1.807) is 0 Å². The highest BCUT2D eigenvalue weighted by Crippen LogP contribution is 2.45. The molecule has 3 aromatic rings. The van der Waals surface area contributed by atoms with Gasteiger partial charge in [-0.05, 0) is 59.3 Å². The van der Waals surface area contributed by atoms with Crippen LogP contribution in [0.25, 0.3) is 22.2 Å². The molecular formula is C26H33N5O. The first-order valence-corrected chi connectivity index (χ1v) is 11.2. The minimum Gasteiger partial charge on any atom is -0.421 e. The number of likely N-dealkylation sites (N-methyl/N-ethyl adjacent to an activating group) is 1. The number of nitrogens with zero attached hydrogens (tertiary/aromatic N) is 5. The molecule has 2 aromatic carbocycles. The van der Waals surface area contributed by atoms with E-state index < -0.39 is 0 Å². The summed E-state index contributed by atoms with van der Waals surface area (Å²) in [7, 11) is 6.26. The summed E-state index contributed by atoms with van der Waals surface area (Å²) in [5, 5.41) is 10.1. The lowest BCUT2D eigenvalue weighted by atomic mass is 9.93. The second kappa shape index (κ2) is 8.14. The van der Waals surface area contributed by atoms with Gasteiger partial charge in [-0.3, -0.25) is 0 Å². The number of anilines is 2. The molecule has 0 bridgehead atoms. The maximum Gasteiger partial charge on any atom is 0.298 e. The van der Waals surface area contributed by atoms with Crippen molar-refractivity contribution in [2.75, 3.05) is 44.0 Å². The van der Waals surface area contributed by atoms with Gasteiger partial charge in [0.2, 0.25) is 0 Å². The highest BCUT2D eigenvalue weighted by Gasteiger charge is 2.33. The third-order valence-corrected chi connectivity index (χ3v) is 6.73. The standard InChI is InChI=1S/C26H33N5O/c1-17-20(15-27)22-24(32-25(28-22)30(7)26(2,3)4)23(21(17)18-11-9-8-10-12-18)31-14-13-19(16-31)29(5)6/h8-12,19H,13-14,16H2,1-7H3. The normalized spacial score (nSPS) is 16.7. The van der Waals surface area contributed by atoms with Crippen LogP contribution in [0.1, 0.15) is 38.3 Å². The van der Waals surface area contributed by atoms with Crippen LogP contribution in [0.2, 0.25) is 0 Å². The summed E-state index contributed by atoms with van der Waals surface area (Å²) in [6.07, 6.45) is 1.09. The molecule has 0 aliphatic carbocycles. The van der Waals surface area contributed by atoms with Crippen molar-refractivity contribution >= 4 is 22.8 Å². The Labute approximate surface area is 191 Å². The van der Waals surface area contributed by atoms with Gasteiger partial charge in [-0.2, -0.15) is 10.2 Å². The van der Waals surface area contributed by atoms with E-state index >= 15 is 0 Å². The number of hydrogen-bond donors (Lipinski definition) is 0. The maximum atomic E-state index is 10.1. The van der Waals surface area contributed by atoms with Gasteiger partial charge in [-0.1, -0.05) is 30.3 Å². The zero-order chi connectivity index (χ0) is 23.2. The first kappa shape index (κ1) is 22.2. The number of rotatable bonds is 4. The smallest absolute Gasteiger partial charge is 0.298 e. The summed E-state index contributed by atoms with van der Waals surface area (Å²) < 4.78 is 6.46. The van der Waals surface area contributed by atoms with Crippen molar-refractivity contribution < 1.29 is 4.42 Å². The topological polar surface area (TPSA) is 59.5 Å². The van der Waals surface area contributed by atoms with Crippen molar-refractivity contribution in [1.82, 2.24) is 9.88 Å². The number of oxazole rings is 1. The van der Waals surface area contributed by atoms with Crippen molar-refractivity contribution in [3.8, 4) is 17.2 Å². The molecule has 1 unspecified atom stereocenters. The van der Waals surface area contributed by atoms with Gasteiger partial charge in [0.1, 0.15) is 11.6 Å². The van der Waals surface area contributed by atoms with Crippen molar-refractivity contribution in [2.45, 2.75) is 45.7 Å². The molecule has 4 rings (SSSR count). The van der Waals surface area contributed by atoms with Gasteiger partial charge < -0.3 is 19.1 Å². The van der Waals surface area contributed by atoms with Crippen molar-refractivity contribution in [3.05, 3.63) is 41.5 Å². The molecule has 0 saturated carbocycles. The summed E-state index contributed by atoms with van der Waals surface area (Å²) in [6, 6.07) is 13.8. The quantitative estimate of drug-likeness (QED) is 0.576. The van der Waals surface area contributed by atoms with Gasteiger partial charge in [0.05, 0.1) is 11.3 Å². The molecule has 1 aromatic heterocycles. The lowest BCUT2D eigenvalue weighted by Crippen LogP contribution is -2.38. The monoisotopic (exact) mass is 431 g/mol. The van der Waals surface area contributed by atoms with Crippen LogP contribution in [0, 0.1) is 18.3 Å². The number of benzene rings is 2. The Morgan fingerprint density at radius 2 is 1.84 bits per heavy atom. The first-order valence-electron chi connectivity index (χ1n) is 11.2. The van der Waals surface area contributed by atoms with Crippen LogP contribution in [-0.2, 0) is 0 Å². The summed E-state index contributed by atoms with van der Waals surface area (Å²) >= 11 is 0. The third-order valence-electron chi connectivity index (χ3n) is 6.73. The molecule has 1 atom stereocenters. The molecule has 2 heterocycles. The van der Waals surface area contributed by atoms with Crippen LogP contribution in [0.3, 0.4) is 0 Å². The zero-order valence-electron chi connectivity index (χ0n) is 20.2. The predicted molar refractivity (Wildman–Crippen MR) is 131 cm³/mol. The van der Waals surface area contributed by atoms with E-state index in [0.29, 0.717) is 28.7 Å². The fourth-order valence-corrected chi connectivity index (χ4v) is 4.43. The van der Waals surface area contributed by atoms with E-state index in [0.717, 1.165) is 41.9 Å². The predicted octanol–water partition coefficient (Wildman–Crippen LogP) is 5.05. The molecule has 6 nitrogen and oxygen atoms in total. The van der Waals surface area contributed by atoms with Crippen LogP contribution < -0.4 is 9.80 Å². The fourth-order valence-electron chi connectivity index (χ4n) is 4.43. The lowest BCUT2D eigenvalue weighted by Gasteiger charge is -2.30. The number of aromatic nitrogens is 1. The molecule has 1 aliphatic heterocycles. The Kier molecular flexibility index (Phi) is 5.64. The molecule has 168 valence electrons. The molecule has 0 N–H and O–H groups in total. The molecule has 32 heavy (non-hydrogen) atoms. The van der Waals surface area contributed by atoms with Crippen LogP contribution in [-0.4, -0.2) is 55.7 Å². The number of fused-ring (bicyclic) bond motifs is 1. The van der Waals surface area contributed by atoms with E-state index in [2.05, 4.69) is 62.9 Å². The van der Waals surface area contributed by atoms with E-state index in [1.807, 2.05) is 37.1 Å². The SMILES string of the molecule is Cc1c(-c2ccccc2)c(N2CCC(N(C)C)C2)c2oc(N(C)C(C)(C)C)nc2c1C#N. The number of hydrogen-bond acceptors (Lipinski definition) is 6. The molecule has 6 heteroatoms. The summed E-state index contributed by atoms with van der Waals surface area (Å²) in [5.74, 6) is 0. The Morgan fingerprint density at radius 3 is 2.41 bits per heavy atom. The van der Waals surface area contributed by atoms with Crippen molar-refractivity contribution in [2.24, 2.45) is 0 Å². The maximum absolute atomic E-state index is 10.1. The molecule has 1 aliphatic rings. The average Bonchev–Trinajstić information content (AvgIpc) is 3.40. The Balaban J connectivity index is 2.03. The minimum absolute atomic E-state index is 0.158. The molecule has 0 radical (unpaired) electrons. The average molecular weight is 432 g/mol. The van der Waals surface area contributed by atoms with Gasteiger partial charge in [-0.25, -0.2) is 0 Å². The largest absolute Gasteiger partial charge is 0.421 e. The summed E-state index contributed by atoms with van der Waals surface area (Å²) in [5.41, 5.74) is 5.94. The second-order valence-corrected chi connectivity index (χ2v) is 9.96. The minimum atomic E-state index is -0.158. The van der Waals surface area contributed by atoms with Crippen LogP contribution in [0.5, 0.6) is 0 Å². The summed E-state index contributed by atoms with van der Waals surface area (Å²) in [6.45, 7) is 10.3. The molecule has 1 fully saturated rings. The van der Waals surface area contributed by atoms with E-state index in [4.69, 9.17) is 9.40 Å². The van der Waals surface area contributed by atoms with Crippen molar-refractivity contribution in [1.29, 1.82) is 5.26 Å². The Hall–Kier alpha value is -3.04.